The van der Waals surface area contributed by atoms with Crippen molar-refractivity contribution in [2.75, 3.05) is 11.9 Å². The van der Waals surface area contributed by atoms with Crippen LogP contribution in [0.4, 0.5) is 11.4 Å². The summed E-state index contributed by atoms with van der Waals surface area (Å²) in [4.78, 5) is 10.4. The number of hydrogen-bond acceptors (Lipinski definition) is 3. The van der Waals surface area contributed by atoms with Gasteiger partial charge in [0, 0.05) is 12.6 Å². The maximum absolute atomic E-state index is 10.9. The van der Waals surface area contributed by atoms with E-state index >= 15 is 0 Å². The van der Waals surface area contributed by atoms with Gasteiger partial charge in [-0.15, -0.1) is 0 Å². The minimum absolute atomic E-state index is 0.0418. The summed E-state index contributed by atoms with van der Waals surface area (Å²) in [6, 6.07) is 2.78. The Morgan fingerprint density at radius 1 is 1.22 bits per heavy atom. The number of nitro groups is 1. The maximum Gasteiger partial charge on any atom is 0.293 e. The normalized spacial score (nSPS) is 10.4. The van der Waals surface area contributed by atoms with Gasteiger partial charge < -0.3 is 5.32 Å². The number of unbranched alkanes of at least 4 members (excludes halogenated alkanes) is 3. The van der Waals surface area contributed by atoms with Crippen molar-refractivity contribution in [3.63, 3.8) is 0 Å². The van der Waals surface area contributed by atoms with E-state index in [2.05, 4.69) is 12.2 Å². The number of halogens is 2. The molecule has 0 amide bonds. The van der Waals surface area contributed by atoms with Crippen molar-refractivity contribution in [1.82, 2.24) is 0 Å². The molecule has 1 aromatic carbocycles. The van der Waals surface area contributed by atoms with Crippen LogP contribution < -0.4 is 5.32 Å². The molecule has 0 fully saturated rings. The Bertz CT molecular complexity index is 425. The molecule has 4 nitrogen and oxygen atoms in total. The molecule has 0 heterocycles. The van der Waals surface area contributed by atoms with Gasteiger partial charge in [-0.05, 0) is 12.5 Å². The van der Waals surface area contributed by atoms with Crippen LogP contribution in [0.3, 0.4) is 0 Å². The van der Waals surface area contributed by atoms with E-state index in [4.69, 9.17) is 23.2 Å². The smallest absolute Gasteiger partial charge is 0.293 e. The molecule has 1 rings (SSSR count). The Morgan fingerprint density at radius 2 is 1.89 bits per heavy atom. The van der Waals surface area contributed by atoms with Gasteiger partial charge in [0.05, 0.1) is 15.0 Å². The van der Waals surface area contributed by atoms with Crippen molar-refractivity contribution in [2.24, 2.45) is 0 Å². The molecule has 0 aliphatic rings. The van der Waals surface area contributed by atoms with E-state index in [1.807, 2.05) is 0 Å². The van der Waals surface area contributed by atoms with Gasteiger partial charge in [-0.25, -0.2) is 0 Å². The second-order valence-corrected chi connectivity index (χ2v) is 4.84. The topological polar surface area (TPSA) is 55.2 Å². The maximum atomic E-state index is 10.9. The Labute approximate surface area is 116 Å². The number of hydrogen-bond donors (Lipinski definition) is 1. The average Bonchev–Trinajstić information content (AvgIpc) is 2.32. The van der Waals surface area contributed by atoms with Crippen molar-refractivity contribution in [2.45, 2.75) is 32.6 Å². The first-order valence-electron chi connectivity index (χ1n) is 5.93. The van der Waals surface area contributed by atoms with Crippen molar-refractivity contribution in [3.8, 4) is 0 Å². The highest BCUT2D eigenvalue weighted by atomic mass is 35.5. The predicted molar refractivity (Wildman–Crippen MR) is 75.7 cm³/mol. The summed E-state index contributed by atoms with van der Waals surface area (Å²) in [5.41, 5.74) is 0.380. The minimum atomic E-state index is -0.462. The van der Waals surface area contributed by atoms with E-state index < -0.39 is 4.92 Å². The number of nitrogens with one attached hydrogen (secondary N) is 1. The SMILES string of the molecule is CCCCCCNc1cc(Cl)c(Cl)cc1[N+](=O)[O-]. The molecular formula is C12H16Cl2N2O2. The van der Waals surface area contributed by atoms with E-state index in [0.29, 0.717) is 17.3 Å². The predicted octanol–water partition coefficient (Wildman–Crippen LogP) is 4.89. The van der Waals surface area contributed by atoms with Crippen LogP contribution in [0, 0.1) is 10.1 Å². The number of nitro benzene ring substituents is 1. The lowest BCUT2D eigenvalue weighted by molar-refractivity contribution is -0.383. The zero-order valence-corrected chi connectivity index (χ0v) is 11.7. The summed E-state index contributed by atoms with van der Waals surface area (Å²) >= 11 is 11.6. The number of anilines is 1. The summed E-state index contributed by atoms with van der Waals surface area (Å²) in [7, 11) is 0. The first-order valence-corrected chi connectivity index (χ1v) is 6.69. The Kier molecular flexibility index (Phi) is 6.22. The second kappa shape index (κ2) is 7.44. The van der Waals surface area contributed by atoms with Crippen molar-refractivity contribution >= 4 is 34.6 Å². The van der Waals surface area contributed by atoms with Crippen LogP contribution in [0.15, 0.2) is 12.1 Å². The Hall–Kier alpha value is -1.00. The van der Waals surface area contributed by atoms with E-state index in [9.17, 15) is 10.1 Å². The second-order valence-electron chi connectivity index (χ2n) is 4.03. The van der Waals surface area contributed by atoms with E-state index in [1.165, 1.54) is 18.6 Å². The molecule has 1 N–H and O–H groups in total. The zero-order valence-electron chi connectivity index (χ0n) is 10.2. The minimum Gasteiger partial charge on any atom is -0.379 e. The van der Waals surface area contributed by atoms with Crippen LogP contribution in [0.5, 0.6) is 0 Å². The van der Waals surface area contributed by atoms with Crippen LogP contribution in [0.2, 0.25) is 10.0 Å². The largest absolute Gasteiger partial charge is 0.379 e. The molecule has 0 saturated heterocycles. The van der Waals surface area contributed by atoms with Crippen LogP contribution >= 0.6 is 23.2 Å². The molecule has 0 aliphatic carbocycles. The molecule has 0 aliphatic heterocycles. The van der Waals surface area contributed by atoms with Gasteiger partial charge in [-0.1, -0.05) is 49.4 Å². The lowest BCUT2D eigenvalue weighted by atomic mass is 10.2. The molecule has 0 radical (unpaired) electrons. The monoisotopic (exact) mass is 290 g/mol. The average molecular weight is 291 g/mol. The Morgan fingerprint density at radius 3 is 2.50 bits per heavy atom. The van der Waals surface area contributed by atoms with E-state index in [-0.39, 0.29) is 10.7 Å². The van der Waals surface area contributed by atoms with Crippen molar-refractivity contribution in [3.05, 3.63) is 32.3 Å². The van der Waals surface area contributed by atoms with Gasteiger partial charge in [0.15, 0.2) is 0 Å². The lowest BCUT2D eigenvalue weighted by Gasteiger charge is -2.08. The fourth-order valence-corrected chi connectivity index (χ4v) is 1.93. The van der Waals surface area contributed by atoms with Gasteiger partial charge in [-0.3, -0.25) is 10.1 Å². The third kappa shape index (κ3) is 4.35. The Balaban J connectivity index is 2.68. The third-order valence-electron chi connectivity index (χ3n) is 2.58. The lowest BCUT2D eigenvalue weighted by Crippen LogP contribution is -2.04. The first kappa shape index (κ1) is 15.1. The number of rotatable bonds is 7. The van der Waals surface area contributed by atoms with Crippen molar-refractivity contribution in [1.29, 1.82) is 0 Å². The molecule has 100 valence electrons. The highest BCUT2D eigenvalue weighted by molar-refractivity contribution is 6.42. The fourth-order valence-electron chi connectivity index (χ4n) is 1.60. The van der Waals surface area contributed by atoms with Gasteiger partial charge >= 0.3 is 0 Å². The van der Waals surface area contributed by atoms with Crippen molar-refractivity contribution < 1.29 is 4.92 Å². The molecule has 0 saturated carbocycles. The highest BCUT2D eigenvalue weighted by Gasteiger charge is 2.16. The zero-order chi connectivity index (χ0) is 13.5. The van der Waals surface area contributed by atoms with Crippen LogP contribution in [0.1, 0.15) is 32.6 Å². The quantitative estimate of drug-likeness (QED) is 0.442. The summed E-state index contributed by atoms with van der Waals surface area (Å²) in [5, 5.41) is 14.4. The molecule has 18 heavy (non-hydrogen) atoms. The molecule has 0 spiro atoms. The van der Waals surface area contributed by atoms with Gasteiger partial charge in [0.25, 0.3) is 5.69 Å². The molecule has 0 atom stereocenters. The molecule has 1 aromatic rings. The van der Waals surface area contributed by atoms with E-state index in [1.54, 1.807) is 0 Å². The highest BCUT2D eigenvalue weighted by Crippen LogP contribution is 2.33. The molecular weight excluding hydrogens is 275 g/mol. The summed E-state index contributed by atoms with van der Waals surface area (Å²) < 4.78 is 0. The summed E-state index contributed by atoms with van der Waals surface area (Å²) in [5.74, 6) is 0. The van der Waals surface area contributed by atoms with Crippen LogP contribution in [0.25, 0.3) is 0 Å². The molecule has 0 aromatic heterocycles. The molecule has 0 unspecified atom stereocenters. The standard InChI is InChI=1S/C12H16Cl2N2O2/c1-2-3-4-5-6-15-11-7-9(13)10(14)8-12(11)16(17)18/h7-8,15H,2-6H2,1H3. The summed E-state index contributed by atoms with van der Waals surface area (Å²) in [6.45, 7) is 2.83. The molecule has 0 bridgehead atoms. The van der Waals surface area contributed by atoms with Crippen LogP contribution in [-0.4, -0.2) is 11.5 Å². The number of benzene rings is 1. The van der Waals surface area contributed by atoms with Crippen LogP contribution in [-0.2, 0) is 0 Å². The fraction of sp³-hybridized carbons (Fsp3) is 0.500. The number of nitrogens with zero attached hydrogens (tertiary/aromatic N) is 1. The van der Waals surface area contributed by atoms with Gasteiger partial charge in [0.2, 0.25) is 0 Å². The van der Waals surface area contributed by atoms with Gasteiger partial charge in [-0.2, -0.15) is 0 Å². The molecule has 6 heteroatoms. The first-order chi connectivity index (χ1) is 8.56. The summed E-state index contributed by atoms with van der Waals surface area (Å²) in [6.07, 6.45) is 4.42. The van der Waals surface area contributed by atoms with Gasteiger partial charge in [0.1, 0.15) is 5.69 Å². The third-order valence-corrected chi connectivity index (χ3v) is 3.30. The van der Waals surface area contributed by atoms with E-state index in [0.717, 1.165) is 19.3 Å².